The van der Waals surface area contributed by atoms with Crippen molar-refractivity contribution in [1.29, 1.82) is 0 Å². The van der Waals surface area contributed by atoms with Crippen molar-refractivity contribution in [2.75, 3.05) is 4.90 Å². The molecule has 2 heterocycles. The van der Waals surface area contributed by atoms with Crippen LogP contribution in [-0.2, 0) is 17.8 Å². The van der Waals surface area contributed by atoms with Crippen LogP contribution >= 0.6 is 0 Å². The molecule has 1 amide bonds. The number of anilines is 1. The maximum Gasteiger partial charge on any atom is 0.275 e. The van der Waals surface area contributed by atoms with E-state index in [0.29, 0.717) is 0 Å². The second-order valence-electron chi connectivity index (χ2n) is 6.59. The van der Waals surface area contributed by atoms with Crippen LogP contribution in [0, 0.1) is 0 Å². The summed E-state index contributed by atoms with van der Waals surface area (Å²) < 4.78 is 0.906. The SMILES string of the molecule is C[C@H]1Cc2ccccc2N1C(=O)Cn1nc(C(=O)[O-])c2ccccc2c1=O. The van der Waals surface area contributed by atoms with Gasteiger partial charge < -0.3 is 14.8 Å². The normalized spacial score (nSPS) is 15.7. The van der Waals surface area contributed by atoms with Crippen molar-refractivity contribution in [3.05, 3.63) is 70.1 Å². The van der Waals surface area contributed by atoms with Gasteiger partial charge >= 0.3 is 0 Å². The van der Waals surface area contributed by atoms with E-state index in [0.717, 1.165) is 22.4 Å². The Morgan fingerprint density at radius 2 is 1.78 bits per heavy atom. The van der Waals surface area contributed by atoms with E-state index in [2.05, 4.69) is 5.10 Å². The maximum atomic E-state index is 12.9. The number of aromatic nitrogens is 2. The van der Waals surface area contributed by atoms with Gasteiger partial charge in [0.05, 0.1) is 11.4 Å². The molecule has 0 unspecified atom stereocenters. The zero-order valence-corrected chi connectivity index (χ0v) is 14.6. The van der Waals surface area contributed by atoms with E-state index in [4.69, 9.17) is 0 Å². The Kier molecular flexibility index (Phi) is 3.99. The van der Waals surface area contributed by atoms with Gasteiger partial charge in [0.2, 0.25) is 5.91 Å². The lowest BCUT2D eigenvalue weighted by atomic mass is 10.1. The molecule has 7 nitrogen and oxygen atoms in total. The van der Waals surface area contributed by atoms with Gasteiger partial charge in [0.15, 0.2) is 0 Å². The molecule has 7 heteroatoms. The number of carbonyl (C=O) groups excluding carboxylic acids is 2. The minimum atomic E-state index is -1.49. The molecule has 1 aromatic heterocycles. The number of hydrogen-bond donors (Lipinski definition) is 0. The summed E-state index contributed by atoms with van der Waals surface area (Å²) in [6.45, 7) is 1.59. The van der Waals surface area contributed by atoms with Crippen LogP contribution in [0.1, 0.15) is 23.0 Å². The molecule has 136 valence electrons. The molecule has 27 heavy (non-hydrogen) atoms. The number of benzene rings is 2. The summed E-state index contributed by atoms with van der Waals surface area (Å²) in [5.41, 5.74) is 1.01. The fourth-order valence-electron chi connectivity index (χ4n) is 3.64. The van der Waals surface area contributed by atoms with Gasteiger partial charge in [0.1, 0.15) is 12.2 Å². The van der Waals surface area contributed by atoms with Gasteiger partial charge in [-0.05, 0) is 31.0 Å². The first-order valence-corrected chi connectivity index (χ1v) is 8.58. The summed E-state index contributed by atoms with van der Waals surface area (Å²) in [6, 6.07) is 13.8. The molecular weight excluding hydrogens is 346 g/mol. The van der Waals surface area contributed by atoms with E-state index in [1.165, 1.54) is 12.1 Å². The van der Waals surface area contributed by atoms with Crippen LogP contribution in [0.25, 0.3) is 10.8 Å². The lowest BCUT2D eigenvalue weighted by molar-refractivity contribution is -0.255. The molecule has 1 aliphatic heterocycles. The van der Waals surface area contributed by atoms with Crippen LogP contribution in [0.3, 0.4) is 0 Å². The third kappa shape index (κ3) is 2.77. The van der Waals surface area contributed by atoms with Crippen LogP contribution in [-0.4, -0.2) is 27.7 Å². The van der Waals surface area contributed by atoms with Gasteiger partial charge in [-0.1, -0.05) is 36.4 Å². The number of para-hydroxylation sites is 1. The summed E-state index contributed by atoms with van der Waals surface area (Å²) in [7, 11) is 0. The van der Waals surface area contributed by atoms with E-state index >= 15 is 0 Å². The zero-order valence-electron chi connectivity index (χ0n) is 14.6. The lowest BCUT2D eigenvalue weighted by Gasteiger charge is -2.23. The molecule has 0 saturated heterocycles. The van der Waals surface area contributed by atoms with Crippen molar-refractivity contribution in [1.82, 2.24) is 9.78 Å². The number of fused-ring (bicyclic) bond motifs is 2. The zero-order chi connectivity index (χ0) is 19.1. The Hall–Kier alpha value is -3.48. The number of rotatable bonds is 3. The Balaban J connectivity index is 1.76. The van der Waals surface area contributed by atoms with Crippen molar-refractivity contribution in [3.63, 3.8) is 0 Å². The number of nitrogens with zero attached hydrogens (tertiary/aromatic N) is 3. The fraction of sp³-hybridized carbons (Fsp3) is 0.200. The molecule has 0 spiro atoms. The highest BCUT2D eigenvalue weighted by atomic mass is 16.4. The van der Waals surface area contributed by atoms with E-state index in [1.54, 1.807) is 17.0 Å². The lowest BCUT2D eigenvalue weighted by Crippen LogP contribution is -2.41. The predicted molar refractivity (Wildman–Crippen MR) is 97.4 cm³/mol. The van der Waals surface area contributed by atoms with E-state index in [9.17, 15) is 19.5 Å². The van der Waals surface area contributed by atoms with Gasteiger partial charge in [-0.2, -0.15) is 5.10 Å². The molecule has 2 aromatic carbocycles. The monoisotopic (exact) mass is 362 g/mol. The van der Waals surface area contributed by atoms with Crippen LogP contribution < -0.4 is 15.6 Å². The second kappa shape index (κ2) is 6.35. The van der Waals surface area contributed by atoms with Crippen molar-refractivity contribution < 1.29 is 14.7 Å². The highest BCUT2D eigenvalue weighted by Crippen LogP contribution is 2.31. The molecule has 1 aliphatic rings. The minimum absolute atomic E-state index is 0.0494. The molecule has 0 bridgehead atoms. The van der Waals surface area contributed by atoms with Crippen molar-refractivity contribution in [2.24, 2.45) is 0 Å². The van der Waals surface area contributed by atoms with Crippen LogP contribution in [0.5, 0.6) is 0 Å². The molecule has 4 rings (SSSR count). The first kappa shape index (κ1) is 17.0. The summed E-state index contributed by atoms with van der Waals surface area (Å²) >= 11 is 0. The molecule has 0 radical (unpaired) electrons. The van der Waals surface area contributed by atoms with E-state index in [-0.39, 0.29) is 35.0 Å². The largest absolute Gasteiger partial charge is 0.543 e. The van der Waals surface area contributed by atoms with Crippen molar-refractivity contribution in [3.8, 4) is 0 Å². The molecule has 0 saturated carbocycles. The van der Waals surface area contributed by atoms with Gasteiger partial charge in [0.25, 0.3) is 5.56 Å². The summed E-state index contributed by atoms with van der Waals surface area (Å²) in [4.78, 5) is 38.7. The first-order valence-electron chi connectivity index (χ1n) is 8.58. The quantitative estimate of drug-likeness (QED) is 0.685. The van der Waals surface area contributed by atoms with Gasteiger partial charge in [-0.25, -0.2) is 4.68 Å². The topological polar surface area (TPSA) is 95.3 Å². The number of hydrogen-bond acceptors (Lipinski definition) is 5. The molecular formula is C20H16N3O4-. The molecule has 0 aliphatic carbocycles. The van der Waals surface area contributed by atoms with Gasteiger partial charge in [-0.15, -0.1) is 0 Å². The number of aromatic carboxylic acids is 1. The third-order valence-corrected chi connectivity index (χ3v) is 4.82. The summed E-state index contributed by atoms with van der Waals surface area (Å²) in [5.74, 6) is -1.81. The Bertz CT molecular complexity index is 1140. The second-order valence-corrected chi connectivity index (χ2v) is 6.59. The molecule has 3 aromatic rings. The standard InChI is InChI=1S/C20H17N3O4/c1-12-10-13-6-2-5-9-16(13)23(12)17(24)11-22-19(25)15-8-4-3-7-14(15)18(21-22)20(26)27/h2-9,12H,10-11H2,1H3,(H,26,27)/p-1/t12-/m0/s1. The average molecular weight is 362 g/mol. The van der Waals surface area contributed by atoms with Gasteiger partial charge in [-0.3, -0.25) is 9.59 Å². The van der Waals surface area contributed by atoms with E-state index < -0.39 is 11.5 Å². The van der Waals surface area contributed by atoms with E-state index in [1.807, 2.05) is 31.2 Å². The fourth-order valence-corrected chi connectivity index (χ4v) is 3.64. The Morgan fingerprint density at radius 3 is 2.52 bits per heavy atom. The summed E-state index contributed by atoms with van der Waals surface area (Å²) in [5, 5.41) is 15.7. The predicted octanol–water partition coefficient (Wildman–Crippen LogP) is 0.738. The Morgan fingerprint density at radius 1 is 1.11 bits per heavy atom. The number of amides is 1. The summed E-state index contributed by atoms with van der Waals surface area (Å²) in [6.07, 6.45) is 0.728. The first-order chi connectivity index (χ1) is 13.0. The molecule has 0 N–H and O–H groups in total. The maximum absolute atomic E-state index is 12.9. The van der Waals surface area contributed by atoms with Crippen LogP contribution in [0.4, 0.5) is 5.69 Å². The number of carbonyl (C=O) groups is 2. The molecule has 1 atom stereocenters. The number of carboxylic acid groups (broad SMARTS) is 1. The smallest absolute Gasteiger partial charge is 0.275 e. The van der Waals surface area contributed by atoms with Crippen molar-refractivity contribution >= 4 is 28.3 Å². The van der Waals surface area contributed by atoms with Crippen molar-refractivity contribution in [2.45, 2.75) is 25.9 Å². The third-order valence-electron chi connectivity index (χ3n) is 4.82. The minimum Gasteiger partial charge on any atom is -0.543 e. The average Bonchev–Trinajstić information content (AvgIpc) is 2.99. The van der Waals surface area contributed by atoms with Crippen LogP contribution in [0.15, 0.2) is 53.3 Å². The Labute approximate surface area is 154 Å². The van der Waals surface area contributed by atoms with Gasteiger partial charge in [0, 0.05) is 17.1 Å². The highest BCUT2D eigenvalue weighted by Gasteiger charge is 2.31. The number of carboxylic acids is 1. The highest BCUT2D eigenvalue weighted by molar-refractivity contribution is 6.00. The molecule has 0 fully saturated rings. The van der Waals surface area contributed by atoms with Crippen LogP contribution in [0.2, 0.25) is 0 Å².